The molecular weight excluding hydrogens is 202 g/mol. The summed E-state index contributed by atoms with van der Waals surface area (Å²) in [5.74, 6) is 2.54. The number of nitrogens with one attached hydrogen (secondary N) is 1. The first-order chi connectivity index (χ1) is 7.79. The maximum atomic E-state index is 4.33. The lowest BCUT2D eigenvalue weighted by Gasteiger charge is -2.05. The minimum absolute atomic E-state index is 0.570. The van der Waals surface area contributed by atoms with Crippen molar-refractivity contribution in [3.8, 4) is 0 Å². The van der Waals surface area contributed by atoms with Crippen molar-refractivity contribution in [2.24, 2.45) is 5.92 Å². The summed E-state index contributed by atoms with van der Waals surface area (Å²) in [5, 5.41) is 11.6. The van der Waals surface area contributed by atoms with Gasteiger partial charge in [0, 0.05) is 18.4 Å². The van der Waals surface area contributed by atoms with Crippen molar-refractivity contribution < 1.29 is 0 Å². The predicted molar refractivity (Wildman–Crippen MR) is 61.3 cm³/mol. The molecule has 2 unspecified atom stereocenters. The summed E-state index contributed by atoms with van der Waals surface area (Å²) >= 11 is 0. The Morgan fingerprint density at radius 2 is 2.38 bits per heavy atom. The van der Waals surface area contributed by atoms with Crippen LogP contribution in [0.25, 0.3) is 5.65 Å². The van der Waals surface area contributed by atoms with E-state index in [1.54, 1.807) is 6.20 Å². The molecule has 1 saturated carbocycles. The highest BCUT2D eigenvalue weighted by Gasteiger charge is 2.35. The molecule has 0 amide bonds. The van der Waals surface area contributed by atoms with Crippen molar-refractivity contribution in [1.29, 1.82) is 0 Å². The van der Waals surface area contributed by atoms with Gasteiger partial charge in [0.2, 0.25) is 5.65 Å². The molecule has 0 spiro atoms. The molecule has 0 saturated heterocycles. The van der Waals surface area contributed by atoms with Gasteiger partial charge in [-0.2, -0.15) is 0 Å². The minimum Gasteiger partial charge on any atom is -0.364 e. The quantitative estimate of drug-likeness (QED) is 0.849. The molecule has 2 atom stereocenters. The van der Waals surface area contributed by atoms with Crippen LogP contribution in [0.3, 0.4) is 0 Å². The van der Waals surface area contributed by atoms with Crippen molar-refractivity contribution in [2.75, 3.05) is 5.32 Å². The average Bonchev–Trinajstić information content (AvgIpc) is 2.95. The number of fused-ring (bicyclic) bond motifs is 1. The van der Waals surface area contributed by atoms with Crippen LogP contribution in [-0.4, -0.2) is 25.6 Å². The summed E-state index contributed by atoms with van der Waals surface area (Å²) in [6.07, 6.45) is 6.15. The highest BCUT2D eigenvalue weighted by Crippen LogP contribution is 2.36. The fraction of sp³-hybridized carbons (Fsp3) is 0.545. The molecule has 84 valence electrons. The molecule has 0 aromatic carbocycles. The van der Waals surface area contributed by atoms with E-state index in [-0.39, 0.29) is 0 Å². The zero-order valence-corrected chi connectivity index (χ0v) is 9.51. The first-order valence-electron chi connectivity index (χ1n) is 5.72. The van der Waals surface area contributed by atoms with E-state index in [4.69, 9.17) is 0 Å². The van der Waals surface area contributed by atoms with Gasteiger partial charge in [-0.25, -0.2) is 4.98 Å². The summed E-state index contributed by atoms with van der Waals surface area (Å²) < 4.78 is 1.96. The van der Waals surface area contributed by atoms with Crippen molar-refractivity contribution in [3.63, 3.8) is 0 Å². The first-order valence-corrected chi connectivity index (χ1v) is 5.72. The number of nitrogens with zero attached hydrogens (tertiary/aromatic N) is 4. The lowest BCUT2D eigenvalue weighted by molar-refractivity contribution is 0.773. The van der Waals surface area contributed by atoms with Crippen LogP contribution in [-0.2, 0) is 0 Å². The number of anilines is 1. The summed E-state index contributed by atoms with van der Waals surface area (Å²) in [4.78, 5) is 4.33. The molecule has 2 heterocycles. The molecule has 1 N–H and O–H groups in total. The summed E-state index contributed by atoms with van der Waals surface area (Å²) in [5.41, 5.74) is 0.821. The molecule has 5 heteroatoms. The van der Waals surface area contributed by atoms with Gasteiger partial charge in [0.15, 0.2) is 5.82 Å². The van der Waals surface area contributed by atoms with E-state index in [1.165, 1.54) is 12.8 Å². The molecule has 3 rings (SSSR count). The van der Waals surface area contributed by atoms with Crippen LogP contribution < -0.4 is 5.32 Å². The Hall–Kier alpha value is -1.65. The lowest BCUT2D eigenvalue weighted by atomic mass is 10.3. The van der Waals surface area contributed by atoms with Crippen LogP contribution in [0, 0.1) is 12.8 Å². The van der Waals surface area contributed by atoms with E-state index >= 15 is 0 Å². The summed E-state index contributed by atoms with van der Waals surface area (Å²) in [7, 11) is 0. The third-order valence-electron chi connectivity index (χ3n) is 3.27. The molecule has 2 aromatic rings. The van der Waals surface area contributed by atoms with E-state index in [0.717, 1.165) is 23.2 Å². The third kappa shape index (κ3) is 1.43. The standard InChI is InChI=1S/C11H15N5/c1-3-8-6-9(8)13-10-11-15-14-7(2)16(11)5-4-12-10/h4-5,8-9H,3,6H2,1-2H3,(H,12,13). The molecule has 16 heavy (non-hydrogen) atoms. The van der Waals surface area contributed by atoms with Crippen molar-refractivity contribution in [2.45, 2.75) is 32.7 Å². The lowest BCUT2D eigenvalue weighted by Crippen LogP contribution is -2.07. The van der Waals surface area contributed by atoms with Gasteiger partial charge in [0.1, 0.15) is 5.82 Å². The van der Waals surface area contributed by atoms with Gasteiger partial charge in [0.25, 0.3) is 0 Å². The first kappa shape index (κ1) is 9.57. The van der Waals surface area contributed by atoms with Crippen LogP contribution in [0.5, 0.6) is 0 Å². The Bertz CT molecular complexity index is 518. The van der Waals surface area contributed by atoms with E-state index in [0.29, 0.717) is 6.04 Å². The van der Waals surface area contributed by atoms with Gasteiger partial charge < -0.3 is 5.32 Å². The zero-order chi connectivity index (χ0) is 11.1. The molecule has 1 fully saturated rings. The van der Waals surface area contributed by atoms with Gasteiger partial charge in [0.05, 0.1) is 0 Å². The minimum atomic E-state index is 0.570. The van der Waals surface area contributed by atoms with E-state index in [9.17, 15) is 0 Å². The van der Waals surface area contributed by atoms with E-state index in [1.807, 2.05) is 17.5 Å². The number of aryl methyl sites for hydroxylation is 1. The van der Waals surface area contributed by atoms with Gasteiger partial charge in [-0.15, -0.1) is 10.2 Å². The van der Waals surface area contributed by atoms with Gasteiger partial charge in [-0.05, 0) is 19.3 Å². The Labute approximate surface area is 93.9 Å². The Morgan fingerprint density at radius 3 is 3.12 bits per heavy atom. The monoisotopic (exact) mass is 217 g/mol. The molecule has 5 nitrogen and oxygen atoms in total. The largest absolute Gasteiger partial charge is 0.364 e. The van der Waals surface area contributed by atoms with Gasteiger partial charge in [-0.3, -0.25) is 4.40 Å². The van der Waals surface area contributed by atoms with E-state index < -0.39 is 0 Å². The smallest absolute Gasteiger partial charge is 0.203 e. The molecule has 1 aliphatic carbocycles. The Morgan fingerprint density at radius 1 is 1.50 bits per heavy atom. The molecule has 0 aliphatic heterocycles. The Balaban J connectivity index is 1.92. The van der Waals surface area contributed by atoms with Gasteiger partial charge in [-0.1, -0.05) is 13.3 Å². The molecule has 0 radical (unpaired) electrons. The number of hydrogen-bond donors (Lipinski definition) is 1. The second-order valence-corrected chi connectivity index (χ2v) is 4.37. The van der Waals surface area contributed by atoms with Crippen LogP contribution in [0.15, 0.2) is 12.4 Å². The number of hydrogen-bond acceptors (Lipinski definition) is 4. The van der Waals surface area contributed by atoms with Crippen LogP contribution in [0.4, 0.5) is 5.82 Å². The average molecular weight is 217 g/mol. The Kier molecular flexibility index (Phi) is 2.05. The predicted octanol–water partition coefficient (Wildman–Crippen LogP) is 1.64. The fourth-order valence-electron chi connectivity index (χ4n) is 2.09. The van der Waals surface area contributed by atoms with Crippen LogP contribution in [0.2, 0.25) is 0 Å². The van der Waals surface area contributed by atoms with Crippen molar-refractivity contribution >= 4 is 11.5 Å². The maximum Gasteiger partial charge on any atom is 0.203 e. The highest BCUT2D eigenvalue weighted by molar-refractivity contribution is 5.62. The second-order valence-electron chi connectivity index (χ2n) is 4.37. The fourth-order valence-corrected chi connectivity index (χ4v) is 2.09. The second kappa shape index (κ2) is 3.43. The maximum absolute atomic E-state index is 4.33. The van der Waals surface area contributed by atoms with E-state index in [2.05, 4.69) is 27.4 Å². The summed E-state index contributed by atoms with van der Waals surface area (Å²) in [6, 6.07) is 0.570. The SMILES string of the molecule is CCC1CC1Nc1nccn2c(C)nnc12. The normalized spacial score (nSPS) is 23.6. The third-order valence-corrected chi connectivity index (χ3v) is 3.27. The number of rotatable bonds is 3. The van der Waals surface area contributed by atoms with Crippen LogP contribution in [0.1, 0.15) is 25.6 Å². The molecule has 2 aromatic heterocycles. The summed E-state index contributed by atoms with van der Waals surface area (Å²) in [6.45, 7) is 4.16. The van der Waals surface area contributed by atoms with Crippen molar-refractivity contribution in [1.82, 2.24) is 19.6 Å². The molecule has 0 bridgehead atoms. The number of aromatic nitrogens is 4. The molecular formula is C11H15N5. The van der Waals surface area contributed by atoms with Gasteiger partial charge >= 0.3 is 0 Å². The topological polar surface area (TPSA) is 55.1 Å². The molecule has 1 aliphatic rings. The van der Waals surface area contributed by atoms with Crippen LogP contribution >= 0.6 is 0 Å². The highest BCUT2D eigenvalue weighted by atomic mass is 15.3. The zero-order valence-electron chi connectivity index (χ0n) is 9.51. The van der Waals surface area contributed by atoms with Crippen molar-refractivity contribution in [3.05, 3.63) is 18.2 Å².